The summed E-state index contributed by atoms with van der Waals surface area (Å²) in [6.07, 6.45) is 1.12. The summed E-state index contributed by atoms with van der Waals surface area (Å²) in [6.45, 7) is 9.81. The number of hydrogen-bond donors (Lipinski definition) is 1. The highest BCUT2D eigenvalue weighted by Crippen LogP contribution is 2.37. The standard InChI is InChI=1S/C22H30Cl2N2O2/c1-4-26(5-2)12-6-11-25-15-18-13-20(24)22(21(14-18)27-3)28-16-17-7-9-19(23)10-8-17/h7-10,13-14,25H,4-6,11-12,15-16H2,1-3H3. The second-order valence-corrected chi connectivity index (χ2v) is 7.43. The van der Waals surface area contributed by atoms with Crippen LogP contribution in [0.4, 0.5) is 0 Å². The summed E-state index contributed by atoms with van der Waals surface area (Å²) in [6, 6.07) is 11.4. The fourth-order valence-corrected chi connectivity index (χ4v) is 3.37. The van der Waals surface area contributed by atoms with Gasteiger partial charge in [0.1, 0.15) is 6.61 Å². The van der Waals surface area contributed by atoms with Crippen LogP contribution in [0.2, 0.25) is 10.0 Å². The molecule has 1 N–H and O–H groups in total. The van der Waals surface area contributed by atoms with Gasteiger partial charge in [-0.3, -0.25) is 0 Å². The van der Waals surface area contributed by atoms with Crippen LogP contribution in [0.5, 0.6) is 11.5 Å². The Morgan fingerprint density at radius 2 is 1.71 bits per heavy atom. The molecule has 0 bridgehead atoms. The molecule has 0 unspecified atom stereocenters. The van der Waals surface area contributed by atoms with Gasteiger partial charge in [0.2, 0.25) is 0 Å². The van der Waals surface area contributed by atoms with E-state index in [1.165, 1.54) is 0 Å². The first-order chi connectivity index (χ1) is 13.6. The van der Waals surface area contributed by atoms with Crippen molar-refractivity contribution in [2.24, 2.45) is 0 Å². The van der Waals surface area contributed by atoms with Crippen LogP contribution in [0.3, 0.4) is 0 Å². The van der Waals surface area contributed by atoms with E-state index < -0.39 is 0 Å². The van der Waals surface area contributed by atoms with E-state index in [9.17, 15) is 0 Å². The molecule has 2 aromatic rings. The van der Waals surface area contributed by atoms with Gasteiger partial charge in [0, 0.05) is 11.6 Å². The van der Waals surface area contributed by atoms with Crippen molar-refractivity contribution in [2.45, 2.75) is 33.4 Å². The van der Waals surface area contributed by atoms with E-state index in [-0.39, 0.29) is 0 Å². The van der Waals surface area contributed by atoms with Crippen LogP contribution in [0.25, 0.3) is 0 Å². The molecule has 2 rings (SSSR count). The Hall–Kier alpha value is -1.46. The number of hydrogen-bond acceptors (Lipinski definition) is 4. The van der Waals surface area contributed by atoms with Gasteiger partial charge in [-0.15, -0.1) is 0 Å². The maximum absolute atomic E-state index is 6.46. The van der Waals surface area contributed by atoms with Crippen molar-refractivity contribution in [3.63, 3.8) is 0 Å². The first-order valence-corrected chi connectivity index (χ1v) is 10.5. The number of nitrogens with zero attached hydrogens (tertiary/aromatic N) is 1. The number of methoxy groups -OCH3 is 1. The van der Waals surface area contributed by atoms with E-state index in [1.807, 2.05) is 36.4 Å². The van der Waals surface area contributed by atoms with Crippen molar-refractivity contribution in [1.29, 1.82) is 0 Å². The molecule has 0 spiro atoms. The molecule has 6 heteroatoms. The lowest BCUT2D eigenvalue weighted by atomic mass is 10.2. The SMILES string of the molecule is CCN(CC)CCCNCc1cc(Cl)c(OCc2ccc(Cl)cc2)c(OC)c1. The monoisotopic (exact) mass is 424 g/mol. The summed E-state index contributed by atoms with van der Waals surface area (Å²) in [5.74, 6) is 1.20. The molecule has 0 radical (unpaired) electrons. The molecule has 154 valence electrons. The molecule has 0 amide bonds. The van der Waals surface area contributed by atoms with Gasteiger partial charge in [0.15, 0.2) is 11.5 Å². The van der Waals surface area contributed by atoms with Gasteiger partial charge >= 0.3 is 0 Å². The number of nitrogens with one attached hydrogen (secondary N) is 1. The Labute approximate surface area is 178 Å². The minimum absolute atomic E-state index is 0.399. The Morgan fingerprint density at radius 3 is 2.36 bits per heavy atom. The molecule has 0 aliphatic carbocycles. The molecule has 0 aliphatic rings. The summed E-state index contributed by atoms with van der Waals surface area (Å²) in [5, 5.41) is 4.72. The number of ether oxygens (including phenoxy) is 2. The lowest BCUT2D eigenvalue weighted by molar-refractivity contribution is 0.284. The molecule has 28 heavy (non-hydrogen) atoms. The predicted octanol–water partition coefficient (Wildman–Crippen LogP) is 5.40. The third-order valence-corrected chi connectivity index (χ3v) is 5.17. The Morgan fingerprint density at radius 1 is 1.00 bits per heavy atom. The molecule has 2 aromatic carbocycles. The van der Waals surface area contributed by atoms with Gasteiger partial charge in [-0.1, -0.05) is 49.2 Å². The van der Waals surface area contributed by atoms with Crippen molar-refractivity contribution >= 4 is 23.2 Å². The van der Waals surface area contributed by atoms with Crippen LogP contribution in [0.15, 0.2) is 36.4 Å². The predicted molar refractivity (Wildman–Crippen MR) is 118 cm³/mol. The van der Waals surface area contributed by atoms with Crippen LogP contribution < -0.4 is 14.8 Å². The summed E-state index contributed by atoms with van der Waals surface area (Å²) in [7, 11) is 1.63. The summed E-state index contributed by atoms with van der Waals surface area (Å²) in [4.78, 5) is 2.42. The Bertz CT molecular complexity index is 719. The maximum Gasteiger partial charge on any atom is 0.180 e. The third-order valence-electron chi connectivity index (χ3n) is 4.64. The van der Waals surface area contributed by atoms with Crippen molar-refractivity contribution in [2.75, 3.05) is 33.3 Å². The molecule has 0 heterocycles. The van der Waals surface area contributed by atoms with E-state index in [2.05, 4.69) is 24.1 Å². The van der Waals surface area contributed by atoms with Crippen LogP contribution in [0.1, 0.15) is 31.4 Å². The lowest BCUT2D eigenvalue weighted by Crippen LogP contribution is -2.27. The molecular formula is C22H30Cl2N2O2. The zero-order chi connectivity index (χ0) is 20.4. The van der Waals surface area contributed by atoms with E-state index in [1.54, 1.807) is 7.11 Å². The van der Waals surface area contributed by atoms with Gasteiger partial charge in [0.05, 0.1) is 12.1 Å². The third kappa shape index (κ3) is 7.17. The van der Waals surface area contributed by atoms with Gasteiger partial charge in [0.25, 0.3) is 0 Å². The second kappa shape index (κ2) is 12.2. The van der Waals surface area contributed by atoms with Crippen LogP contribution in [-0.2, 0) is 13.2 Å². The van der Waals surface area contributed by atoms with E-state index >= 15 is 0 Å². The Balaban J connectivity index is 1.90. The van der Waals surface area contributed by atoms with E-state index in [4.69, 9.17) is 32.7 Å². The highest BCUT2D eigenvalue weighted by Gasteiger charge is 2.12. The van der Waals surface area contributed by atoms with Gasteiger partial charge < -0.3 is 19.7 Å². The molecule has 0 aromatic heterocycles. The van der Waals surface area contributed by atoms with Crippen molar-refractivity contribution in [3.8, 4) is 11.5 Å². The topological polar surface area (TPSA) is 33.7 Å². The van der Waals surface area contributed by atoms with Crippen LogP contribution >= 0.6 is 23.2 Å². The molecular weight excluding hydrogens is 395 g/mol. The van der Waals surface area contributed by atoms with Crippen LogP contribution in [0, 0.1) is 0 Å². The molecule has 4 nitrogen and oxygen atoms in total. The number of rotatable bonds is 12. The zero-order valence-corrected chi connectivity index (χ0v) is 18.4. The smallest absolute Gasteiger partial charge is 0.180 e. The maximum atomic E-state index is 6.46. The molecule has 0 aliphatic heterocycles. The number of halogens is 2. The number of benzene rings is 2. The molecule has 0 saturated carbocycles. The van der Waals surface area contributed by atoms with E-state index in [0.29, 0.717) is 28.2 Å². The van der Waals surface area contributed by atoms with Crippen molar-refractivity contribution in [3.05, 3.63) is 57.6 Å². The van der Waals surface area contributed by atoms with Gasteiger partial charge in [-0.05, 0) is 68.0 Å². The first-order valence-electron chi connectivity index (χ1n) is 9.74. The average Bonchev–Trinajstić information content (AvgIpc) is 2.70. The zero-order valence-electron chi connectivity index (χ0n) is 16.9. The minimum atomic E-state index is 0.399. The quantitative estimate of drug-likeness (QED) is 0.462. The fraction of sp³-hybridized carbons (Fsp3) is 0.455. The largest absolute Gasteiger partial charge is 0.493 e. The average molecular weight is 425 g/mol. The van der Waals surface area contributed by atoms with E-state index in [0.717, 1.165) is 50.3 Å². The van der Waals surface area contributed by atoms with Gasteiger partial charge in [-0.25, -0.2) is 0 Å². The first kappa shape index (κ1) is 22.8. The Kier molecular flexibility index (Phi) is 9.93. The molecule has 0 fully saturated rings. The summed E-state index contributed by atoms with van der Waals surface area (Å²) >= 11 is 12.4. The van der Waals surface area contributed by atoms with Crippen molar-refractivity contribution in [1.82, 2.24) is 10.2 Å². The fourth-order valence-electron chi connectivity index (χ4n) is 2.95. The lowest BCUT2D eigenvalue weighted by Gasteiger charge is -2.18. The highest BCUT2D eigenvalue weighted by atomic mass is 35.5. The van der Waals surface area contributed by atoms with Crippen molar-refractivity contribution < 1.29 is 9.47 Å². The highest BCUT2D eigenvalue weighted by molar-refractivity contribution is 6.32. The summed E-state index contributed by atoms with van der Waals surface area (Å²) in [5.41, 5.74) is 2.09. The molecule has 0 saturated heterocycles. The second-order valence-electron chi connectivity index (χ2n) is 6.58. The van der Waals surface area contributed by atoms with Gasteiger partial charge in [-0.2, -0.15) is 0 Å². The minimum Gasteiger partial charge on any atom is -0.493 e. The summed E-state index contributed by atoms with van der Waals surface area (Å²) < 4.78 is 11.4. The van der Waals surface area contributed by atoms with Crippen LogP contribution in [-0.4, -0.2) is 38.2 Å². The normalized spacial score (nSPS) is 11.1. The molecule has 0 atom stereocenters.